The molecule has 6 nitrogen and oxygen atoms in total. The smallest absolute Gasteiger partial charge is 0.306 e. The van der Waals surface area contributed by atoms with E-state index in [0.717, 1.165) is 57.8 Å². The number of rotatable bonds is 42. The average Bonchev–Trinajstić information content (AvgIpc) is 3.16. The second kappa shape index (κ2) is 42.5. The number of carbonyl (C=O) groups excluding carboxylic acids is 2. The monoisotopic (exact) mass is 762 g/mol. The molecule has 0 spiro atoms. The van der Waals surface area contributed by atoms with Gasteiger partial charge in [-0.05, 0) is 44.9 Å². The average molecular weight is 762 g/mol. The summed E-state index contributed by atoms with van der Waals surface area (Å²) in [5, 5.41) is 23.6. The minimum absolute atomic E-state index is 0.0491. The molecule has 6 heteroatoms. The number of nitrogens with one attached hydrogen (secondary N) is 1. The van der Waals surface area contributed by atoms with Crippen molar-refractivity contribution in [3.05, 3.63) is 24.3 Å². The highest BCUT2D eigenvalue weighted by Crippen LogP contribution is 2.17. The van der Waals surface area contributed by atoms with Gasteiger partial charge in [-0.15, -0.1) is 0 Å². The molecule has 0 rings (SSSR count). The number of allylic oxidation sites excluding steroid dienone is 4. The molecular weight excluding hydrogens is 671 g/mol. The fraction of sp³-hybridized carbons (Fsp3) is 0.875. The van der Waals surface area contributed by atoms with Crippen LogP contribution in [0.2, 0.25) is 0 Å². The van der Waals surface area contributed by atoms with Gasteiger partial charge >= 0.3 is 5.97 Å². The maximum Gasteiger partial charge on any atom is 0.306 e. The van der Waals surface area contributed by atoms with E-state index in [2.05, 4.69) is 50.4 Å². The summed E-state index contributed by atoms with van der Waals surface area (Å²) in [6.07, 6.45) is 46.7. The van der Waals surface area contributed by atoms with Crippen molar-refractivity contribution in [2.45, 2.75) is 264 Å². The fourth-order valence-electron chi connectivity index (χ4n) is 7.19. The largest absolute Gasteiger partial charge is 0.462 e. The number of carbonyl (C=O) groups is 2. The Bertz CT molecular complexity index is 858. The lowest BCUT2D eigenvalue weighted by atomic mass is 10.0. The van der Waals surface area contributed by atoms with E-state index >= 15 is 0 Å². The number of unbranched alkanes of at least 4 members (excludes halogenated alkanes) is 27. The summed E-state index contributed by atoms with van der Waals surface area (Å²) >= 11 is 0. The molecule has 318 valence electrons. The second-order valence-electron chi connectivity index (χ2n) is 16.2. The van der Waals surface area contributed by atoms with Crippen molar-refractivity contribution in [1.29, 1.82) is 0 Å². The first-order chi connectivity index (χ1) is 26.5. The van der Waals surface area contributed by atoms with Crippen LogP contribution in [0, 0.1) is 0 Å². The zero-order valence-corrected chi connectivity index (χ0v) is 36.1. The highest BCUT2D eigenvalue weighted by atomic mass is 16.5. The minimum atomic E-state index is -0.792. The van der Waals surface area contributed by atoms with Gasteiger partial charge in [-0.25, -0.2) is 0 Å². The summed E-state index contributed by atoms with van der Waals surface area (Å²) < 4.78 is 5.88. The molecule has 0 bridgehead atoms. The van der Waals surface area contributed by atoms with Gasteiger partial charge in [0.15, 0.2) is 0 Å². The van der Waals surface area contributed by atoms with Crippen molar-refractivity contribution < 1.29 is 24.5 Å². The third-order valence-corrected chi connectivity index (χ3v) is 10.8. The molecular formula is C48H91NO5. The van der Waals surface area contributed by atoms with Crippen LogP contribution in [0.5, 0.6) is 0 Å². The molecule has 0 aromatic carbocycles. The third-order valence-electron chi connectivity index (χ3n) is 10.8. The number of hydrogen-bond donors (Lipinski definition) is 3. The van der Waals surface area contributed by atoms with Crippen LogP contribution in [0.1, 0.15) is 245 Å². The number of aliphatic hydroxyl groups is 2. The predicted molar refractivity (Wildman–Crippen MR) is 232 cm³/mol. The Balaban J connectivity index is 4.66. The van der Waals surface area contributed by atoms with Crippen molar-refractivity contribution in [3.63, 3.8) is 0 Å². The van der Waals surface area contributed by atoms with Gasteiger partial charge in [0.1, 0.15) is 6.10 Å². The Morgan fingerprint density at radius 3 is 1.41 bits per heavy atom. The highest BCUT2D eigenvalue weighted by molar-refractivity contribution is 5.77. The third kappa shape index (κ3) is 37.3. The van der Waals surface area contributed by atoms with E-state index in [4.69, 9.17) is 4.74 Å². The lowest BCUT2D eigenvalue weighted by Gasteiger charge is -2.24. The first-order valence-corrected chi connectivity index (χ1v) is 23.6. The fourth-order valence-corrected chi connectivity index (χ4v) is 7.19. The number of hydrogen-bond acceptors (Lipinski definition) is 5. The number of ether oxygens (including phenoxy) is 1. The topological polar surface area (TPSA) is 95.9 Å². The van der Waals surface area contributed by atoms with Crippen LogP contribution < -0.4 is 5.32 Å². The molecule has 3 N–H and O–H groups in total. The van der Waals surface area contributed by atoms with Crippen LogP contribution in [-0.4, -0.2) is 46.9 Å². The molecule has 0 aliphatic heterocycles. The summed E-state index contributed by atoms with van der Waals surface area (Å²) in [4.78, 5) is 26.0. The molecule has 0 aliphatic rings. The van der Waals surface area contributed by atoms with Crippen LogP contribution in [0.4, 0.5) is 0 Å². The van der Waals surface area contributed by atoms with Crippen molar-refractivity contribution in [2.75, 3.05) is 6.61 Å². The lowest BCUT2D eigenvalue weighted by Crippen LogP contribution is -2.46. The Morgan fingerprint density at radius 1 is 0.537 bits per heavy atom. The van der Waals surface area contributed by atoms with Crippen LogP contribution in [0.3, 0.4) is 0 Å². The maximum absolute atomic E-state index is 13.1. The minimum Gasteiger partial charge on any atom is -0.462 e. The zero-order chi connectivity index (χ0) is 39.6. The molecule has 3 atom stereocenters. The van der Waals surface area contributed by atoms with Gasteiger partial charge in [-0.1, -0.05) is 212 Å². The van der Waals surface area contributed by atoms with Crippen molar-refractivity contribution >= 4 is 11.9 Å². The normalized spacial score (nSPS) is 13.5. The van der Waals surface area contributed by atoms with Gasteiger partial charge in [-0.2, -0.15) is 0 Å². The molecule has 0 heterocycles. The van der Waals surface area contributed by atoms with E-state index in [1.807, 2.05) is 0 Å². The zero-order valence-electron chi connectivity index (χ0n) is 36.1. The van der Waals surface area contributed by atoms with Crippen LogP contribution in [-0.2, 0) is 14.3 Å². The quantitative estimate of drug-likeness (QED) is 0.0327. The first-order valence-electron chi connectivity index (χ1n) is 23.6. The summed E-state index contributed by atoms with van der Waals surface area (Å²) in [6, 6.07) is -0.709. The molecule has 0 aromatic heterocycles. The van der Waals surface area contributed by atoms with E-state index in [0.29, 0.717) is 19.3 Å². The summed E-state index contributed by atoms with van der Waals surface area (Å²) in [6.45, 7) is 6.44. The van der Waals surface area contributed by atoms with Crippen LogP contribution >= 0.6 is 0 Å². The van der Waals surface area contributed by atoms with E-state index < -0.39 is 18.2 Å². The maximum atomic E-state index is 13.1. The molecule has 0 aromatic rings. The van der Waals surface area contributed by atoms with Gasteiger partial charge in [0.05, 0.1) is 25.2 Å². The molecule has 54 heavy (non-hydrogen) atoms. The summed E-state index contributed by atoms with van der Waals surface area (Å²) in [7, 11) is 0. The molecule has 1 amide bonds. The summed E-state index contributed by atoms with van der Waals surface area (Å²) in [5.74, 6) is -0.514. The Labute approximate surface area is 335 Å². The number of amides is 1. The highest BCUT2D eigenvalue weighted by Gasteiger charge is 2.24. The standard InChI is InChI=1S/C48H91NO5/c1-4-7-10-13-16-19-21-23-24-25-28-30-33-36-39-44(54-48(53)41-38-35-32-29-26-22-20-17-14-11-8-5-2)42-47(52)49-45(43-50)46(51)40-37-34-31-27-18-15-12-9-6-3/h24-25,28,30,44-46,50-51H,4-23,26-27,29,31-43H2,1-3H3,(H,49,52)/b25-24+,30-28+. The van der Waals surface area contributed by atoms with Gasteiger partial charge in [0.25, 0.3) is 0 Å². The van der Waals surface area contributed by atoms with E-state index in [1.165, 1.54) is 141 Å². The molecule has 0 fully saturated rings. The van der Waals surface area contributed by atoms with Gasteiger partial charge in [-0.3, -0.25) is 9.59 Å². The van der Waals surface area contributed by atoms with Crippen molar-refractivity contribution in [3.8, 4) is 0 Å². The van der Waals surface area contributed by atoms with E-state index in [9.17, 15) is 19.8 Å². The van der Waals surface area contributed by atoms with Gasteiger partial charge < -0.3 is 20.3 Å². The van der Waals surface area contributed by atoms with Crippen LogP contribution in [0.15, 0.2) is 24.3 Å². The Morgan fingerprint density at radius 2 is 0.944 bits per heavy atom. The van der Waals surface area contributed by atoms with Crippen molar-refractivity contribution in [1.82, 2.24) is 5.32 Å². The number of aliphatic hydroxyl groups excluding tert-OH is 2. The van der Waals surface area contributed by atoms with Crippen LogP contribution in [0.25, 0.3) is 0 Å². The Kier molecular flexibility index (Phi) is 41.2. The first kappa shape index (κ1) is 52.3. The van der Waals surface area contributed by atoms with E-state index in [-0.39, 0.29) is 24.9 Å². The predicted octanol–water partition coefficient (Wildman–Crippen LogP) is 13.6. The van der Waals surface area contributed by atoms with Gasteiger partial charge in [0, 0.05) is 6.42 Å². The van der Waals surface area contributed by atoms with Gasteiger partial charge in [0.2, 0.25) is 5.91 Å². The number of esters is 1. The van der Waals surface area contributed by atoms with Crippen molar-refractivity contribution in [2.24, 2.45) is 0 Å². The Hall–Kier alpha value is -1.66. The molecule has 0 radical (unpaired) electrons. The molecule has 3 unspecified atom stereocenters. The molecule has 0 saturated heterocycles. The SMILES string of the molecule is CCCCCCCCC/C=C/C=C/CCCC(CC(=O)NC(CO)C(O)CCCCCCCCCCC)OC(=O)CCCCCCCCCCCCCC. The van der Waals surface area contributed by atoms with E-state index in [1.54, 1.807) is 0 Å². The summed E-state index contributed by atoms with van der Waals surface area (Å²) in [5.41, 5.74) is 0. The molecule has 0 saturated carbocycles. The second-order valence-corrected chi connectivity index (χ2v) is 16.2. The lowest BCUT2D eigenvalue weighted by molar-refractivity contribution is -0.151. The molecule has 0 aliphatic carbocycles.